The molecule has 2 saturated heterocycles. The molecule has 0 spiro atoms. The molecule has 0 saturated carbocycles. The molecular weight excluding hydrogens is 368 g/mol. The third-order valence-electron chi connectivity index (χ3n) is 5.09. The number of likely N-dealkylation sites (tertiary alicyclic amines) is 1. The molecule has 2 aliphatic heterocycles. The topological polar surface area (TPSA) is 71.7 Å². The average molecular weight is 391 g/mol. The van der Waals surface area contributed by atoms with Gasteiger partial charge in [0.2, 0.25) is 17.6 Å². The Bertz CT molecular complexity index is 791. The van der Waals surface area contributed by atoms with E-state index in [9.17, 15) is 4.79 Å². The van der Waals surface area contributed by atoms with Crippen LogP contribution < -0.4 is 0 Å². The first-order valence-corrected chi connectivity index (χ1v) is 9.74. The number of hydrogen-bond acceptors (Lipinski definition) is 6. The van der Waals surface area contributed by atoms with Crippen molar-refractivity contribution in [2.45, 2.75) is 19.4 Å². The van der Waals surface area contributed by atoms with Gasteiger partial charge in [-0.3, -0.25) is 9.69 Å². The largest absolute Gasteiger partial charge is 0.378 e. The zero-order chi connectivity index (χ0) is 18.6. The van der Waals surface area contributed by atoms with Crippen molar-refractivity contribution in [3.63, 3.8) is 0 Å². The van der Waals surface area contributed by atoms with Crippen LogP contribution in [-0.4, -0.2) is 65.2 Å². The van der Waals surface area contributed by atoms with Gasteiger partial charge >= 0.3 is 0 Å². The van der Waals surface area contributed by atoms with Gasteiger partial charge in [0.25, 0.3) is 0 Å². The van der Waals surface area contributed by atoms with Crippen LogP contribution in [0.15, 0.2) is 28.8 Å². The highest BCUT2D eigenvalue weighted by molar-refractivity contribution is 6.30. The van der Waals surface area contributed by atoms with Gasteiger partial charge in [-0.05, 0) is 31.5 Å². The Balaban J connectivity index is 1.37. The van der Waals surface area contributed by atoms with Gasteiger partial charge in [-0.2, -0.15) is 4.98 Å². The van der Waals surface area contributed by atoms with Crippen molar-refractivity contribution in [2.75, 3.05) is 39.4 Å². The van der Waals surface area contributed by atoms with Crippen LogP contribution in [0.4, 0.5) is 0 Å². The second kappa shape index (κ2) is 8.37. The maximum atomic E-state index is 12.8. The SMILES string of the molecule is O=C([C@@H]1CCCN(Cc2nc(-c3cccc(Cl)c3)no2)C1)N1CCOCC1. The highest BCUT2D eigenvalue weighted by atomic mass is 35.5. The number of carbonyl (C=O) groups is 1. The Morgan fingerprint density at radius 3 is 2.93 bits per heavy atom. The second-order valence-corrected chi connectivity index (χ2v) is 7.47. The quantitative estimate of drug-likeness (QED) is 0.798. The van der Waals surface area contributed by atoms with Crippen LogP contribution in [0.3, 0.4) is 0 Å². The molecule has 7 nitrogen and oxygen atoms in total. The van der Waals surface area contributed by atoms with E-state index < -0.39 is 0 Å². The molecule has 1 atom stereocenters. The number of nitrogens with zero attached hydrogens (tertiary/aromatic N) is 4. The third-order valence-corrected chi connectivity index (χ3v) is 5.32. The molecule has 0 aliphatic carbocycles. The molecular formula is C19H23ClN4O3. The predicted octanol–water partition coefficient (Wildman–Crippen LogP) is 2.46. The molecule has 0 bridgehead atoms. The van der Waals surface area contributed by atoms with Gasteiger partial charge in [0.1, 0.15) is 0 Å². The lowest BCUT2D eigenvalue weighted by atomic mass is 9.96. The highest BCUT2D eigenvalue weighted by Gasteiger charge is 2.30. The Hall–Kier alpha value is -1.96. The molecule has 2 aromatic rings. The van der Waals surface area contributed by atoms with Crippen LogP contribution in [0.25, 0.3) is 11.4 Å². The first-order valence-electron chi connectivity index (χ1n) is 9.36. The number of amides is 1. The number of piperidine rings is 1. The molecule has 4 rings (SSSR count). The molecule has 1 amide bonds. The molecule has 0 radical (unpaired) electrons. The Morgan fingerprint density at radius 2 is 2.11 bits per heavy atom. The Labute approximate surface area is 163 Å². The second-order valence-electron chi connectivity index (χ2n) is 7.03. The lowest BCUT2D eigenvalue weighted by molar-refractivity contribution is -0.141. The van der Waals surface area contributed by atoms with Gasteiger partial charge in [0, 0.05) is 30.2 Å². The smallest absolute Gasteiger partial charge is 0.241 e. The minimum absolute atomic E-state index is 0.0344. The number of rotatable bonds is 4. The first-order chi connectivity index (χ1) is 13.2. The summed E-state index contributed by atoms with van der Waals surface area (Å²) in [5, 5.41) is 4.70. The van der Waals surface area contributed by atoms with E-state index >= 15 is 0 Å². The molecule has 1 aromatic heterocycles. The summed E-state index contributed by atoms with van der Waals surface area (Å²) >= 11 is 6.03. The number of ether oxygens (including phenoxy) is 1. The fourth-order valence-corrected chi connectivity index (χ4v) is 3.89. The molecule has 2 fully saturated rings. The summed E-state index contributed by atoms with van der Waals surface area (Å²) in [7, 11) is 0. The maximum Gasteiger partial charge on any atom is 0.241 e. The summed E-state index contributed by atoms with van der Waals surface area (Å²) in [5.41, 5.74) is 0.830. The van der Waals surface area contributed by atoms with Crippen LogP contribution >= 0.6 is 11.6 Å². The van der Waals surface area contributed by atoms with Gasteiger partial charge in [-0.1, -0.05) is 28.9 Å². The monoisotopic (exact) mass is 390 g/mol. The summed E-state index contributed by atoms with van der Waals surface area (Å²) in [5.74, 6) is 1.37. The van der Waals surface area contributed by atoms with E-state index in [1.165, 1.54) is 0 Å². The van der Waals surface area contributed by atoms with Crippen molar-refractivity contribution in [2.24, 2.45) is 5.92 Å². The number of hydrogen-bond donors (Lipinski definition) is 0. The first kappa shape index (κ1) is 18.4. The van der Waals surface area contributed by atoms with Crippen molar-refractivity contribution in [1.82, 2.24) is 19.9 Å². The maximum absolute atomic E-state index is 12.8. The third kappa shape index (κ3) is 4.48. The summed E-state index contributed by atoms with van der Waals surface area (Å²) in [6.07, 6.45) is 1.93. The minimum Gasteiger partial charge on any atom is -0.378 e. The van der Waals surface area contributed by atoms with Gasteiger partial charge in [0.15, 0.2) is 0 Å². The number of morpholine rings is 1. The molecule has 8 heteroatoms. The summed E-state index contributed by atoms with van der Waals surface area (Å²) in [6.45, 7) is 4.88. The number of carbonyl (C=O) groups excluding carboxylic acids is 1. The van der Waals surface area contributed by atoms with Gasteiger partial charge in [0.05, 0.1) is 25.7 Å². The standard InChI is InChI=1S/C19H23ClN4O3/c20-16-5-1-3-14(11-16)18-21-17(27-22-18)13-23-6-2-4-15(12-23)19(25)24-7-9-26-10-8-24/h1,3,5,11,15H,2,4,6-10,12-13H2/t15-/m1/s1. The van der Waals surface area contributed by atoms with Crippen molar-refractivity contribution in [3.05, 3.63) is 35.2 Å². The zero-order valence-corrected chi connectivity index (χ0v) is 15.9. The number of benzene rings is 1. The zero-order valence-electron chi connectivity index (χ0n) is 15.1. The molecule has 2 aliphatic rings. The lowest BCUT2D eigenvalue weighted by Gasteiger charge is -2.35. The van der Waals surface area contributed by atoms with Gasteiger partial charge in [-0.15, -0.1) is 0 Å². The molecule has 144 valence electrons. The van der Waals surface area contributed by atoms with Crippen molar-refractivity contribution >= 4 is 17.5 Å². The Morgan fingerprint density at radius 1 is 1.26 bits per heavy atom. The fourth-order valence-electron chi connectivity index (χ4n) is 3.70. The van der Waals surface area contributed by atoms with Crippen LogP contribution in [0.5, 0.6) is 0 Å². The number of halogens is 1. The van der Waals surface area contributed by atoms with E-state index in [-0.39, 0.29) is 11.8 Å². The predicted molar refractivity (Wildman–Crippen MR) is 100 cm³/mol. The normalized spacial score (nSPS) is 21.4. The van der Waals surface area contributed by atoms with E-state index in [1.54, 1.807) is 0 Å². The van der Waals surface area contributed by atoms with E-state index in [0.717, 1.165) is 31.5 Å². The summed E-state index contributed by atoms with van der Waals surface area (Å²) in [4.78, 5) is 21.4. The Kier molecular flexibility index (Phi) is 5.71. The molecule has 27 heavy (non-hydrogen) atoms. The van der Waals surface area contributed by atoms with E-state index in [0.29, 0.717) is 49.6 Å². The van der Waals surface area contributed by atoms with Crippen molar-refractivity contribution in [3.8, 4) is 11.4 Å². The van der Waals surface area contributed by atoms with Crippen LogP contribution in [0.1, 0.15) is 18.7 Å². The summed E-state index contributed by atoms with van der Waals surface area (Å²) < 4.78 is 10.8. The van der Waals surface area contributed by atoms with E-state index in [2.05, 4.69) is 15.0 Å². The summed E-state index contributed by atoms with van der Waals surface area (Å²) in [6, 6.07) is 7.39. The molecule has 3 heterocycles. The van der Waals surface area contributed by atoms with Crippen LogP contribution in [0.2, 0.25) is 5.02 Å². The highest BCUT2D eigenvalue weighted by Crippen LogP contribution is 2.23. The van der Waals surface area contributed by atoms with Crippen molar-refractivity contribution < 1.29 is 14.1 Å². The number of aromatic nitrogens is 2. The molecule has 1 aromatic carbocycles. The average Bonchev–Trinajstić information content (AvgIpc) is 3.17. The van der Waals surface area contributed by atoms with Crippen LogP contribution in [-0.2, 0) is 16.1 Å². The van der Waals surface area contributed by atoms with Gasteiger partial charge in [-0.25, -0.2) is 0 Å². The molecule has 0 unspecified atom stereocenters. The van der Waals surface area contributed by atoms with E-state index in [1.807, 2.05) is 29.2 Å². The fraction of sp³-hybridized carbons (Fsp3) is 0.526. The van der Waals surface area contributed by atoms with Gasteiger partial charge < -0.3 is 14.2 Å². The van der Waals surface area contributed by atoms with Crippen molar-refractivity contribution in [1.29, 1.82) is 0 Å². The van der Waals surface area contributed by atoms with E-state index in [4.69, 9.17) is 20.9 Å². The molecule has 0 N–H and O–H groups in total. The lowest BCUT2D eigenvalue weighted by Crippen LogP contribution is -2.48. The van der Waals surface area contributed by atoms with Crippen LogP contribution in [0, 0.1) is 5.92 Å². The minimum atomic E-state index is 0.0344.